The number of amides is 1. The highest BCUT2D eigenvalue weighted by atomic mass is 16.5. The van der Waals surface area contributed by atoms with Crippen LogP contribution in [0.3, 0.4) is 0 Å². The third-order valence-corrected chi connectivity index (χ3v) is 5.71. The number of nitrogens with zero attached hydrogens (tertiary/aromatic N) is 1. The van der Waals surface area contributed by atoms with E-state index in [2.05, 4.69) is 29.7 Å². The minimum absolute atomic E-state index is 0.0584. The summed E-state index contributed by atoms with van der Waals surface area (Å²) in [6.45, 7) is 4.67. The number of ether oxygens (including phenoxy) is 2. The van der Waals surface area contributed by atoms with Crippen LogP contribution in [0.15, 0.2) is 18.2 Å². The Hall–Kier alpha value is -1.96. The first-order valence-corrected chi connectivity index (χ1v) is 10.6. The van der Waals surface area contributed by atoms with Gasteiger partial charge in [-0.1, -0.05) is 6.07 Å². The monoisotopic (exact) mass is 402 g/mol. The number of morpholine rings is 1. The lowest BCUT2D eigenvalue weighted by Gasteiger charge is -2.34. The zero-order valence-corrected chi connectivity index (χ0v) is 17.8. The average Bonchev–Trinajstić information content (AvgIpc) is 3.59. The number of nitrogens with one attached hydrogen (secondary N) is 3. The molecule has 0 aromatic heterocycles. The van der Waals surface area contributed by atoms with Crippen molar-refractivity contribution in [1.82, 2.24) is 10.2 Å². The molecule has 0 unspecified atom stereocenters. The molecule has 0 radical (unpaired) electrons. The van der Waals surface area contributed by atoms with E-state index in [4.69, 9.17) is 14.9 Å². The van der Waals surface area contributed by atoms with Crippen molar-refractivity contribution in [2.24, 2.45) is 0 Å². The molecule has 1 amide bonds. The lowest BCUT2D eigenvalue weighted by molar-refractivity contribution is -0.148. The van der Waals surface area contributed by atoms with Crippen LogP contribution in [0.1, 0.15) is 49.8 Å². The number of anilines is 1. The maximum absolute atomic E-state index is 13.2. The van der Waals surface area contributed by atoms with Crippen LogP contribution < -0.4 is 10.6 Å². The molecular weight excluding hydrogens is 368 g/mol. The minimum Gasteiger partial charge on any atom is -0.388 e. The van der Waals surface area contributed by atoms with E-state index in [0.29, 0.717) is 31.9 Å². The molecule has 2 fully saturated rings. The third-order valence-electron chi connectivity index (χ3n) is 5.71. The molecule has 2 atom stereocenters. The van der Waals surface area contributed by atoms with E-state index < -0.39 is 6.10 Å². The Labute approximate surface area is 173 Å². The van der Waals surface area contributed by atoms with Gasteiger partial charge in [0.1, 0.15) is 6.10 Å². The van der Waals surface area contributed by atoms with Gasteiger partial charge < -0.3 is 30.4 Å². The molecule has 160 valence electrons. The molecule has 1 aliphatic carbocycles. The molecule has 1 aromatic carbocycles. The van der Waals surface area contributed by atoms with Crippen LogP contribution in [0.25, 0.3) is 0 Å². The van der Waals surface area contributed by atoms with Crippen LogP contribution >= 0.6 is 0 Å². The zero-order chi connectivity index (χ0) is 20.8. The summed E-state index contributed by atoms with van der Waals surface area (Å²) in [6.07, 6.45) is 3.16. The summed E-state index contributed by atoms with van der Waals surface area (Å²) in [5, 5.41) is 15.0. The average molecular weight is 403 g/mol. The summed E-state index contributed by atoms with van der Waals surface area (Å²) in [4.78, 5) is 15.2. The molecule has 1 aromatic rings. The van der Waals surface area contributed by atoms with Crippen LogP contribution in [0.4, 0.5) is 5.69 Å². The normalized spacial score (nSPS) is 20.2. The van der Waals surface area contributed by atoms with Crippen molar-refractivity contribution in [2.45, 2.75) is 50.8 Å². The topological polar surface area (TPSA) is 86.7 Å². The van der Waals surface area contributed by atoms with E-state index in [0.717, 1.165) is 42.6 Å². The summed E-state index contributed by atoms with van der Waals surface area (Å²) in [5.74, 6) is 0.0709. The van der Waals surface area contributed by atoms with E-state index in [1.807, 2.05) is 18.0 Å². The number of hydrogen-bond donors (Lipinski definition) is 3. The fourth-order valence-electron chi connectivity index (χ4n) is 3.91. The number of methoxy groups -OCH3 is 1. The second kappa shape index (κ2) is 10.2. The first kappa shape index (κ1) is 21.7. The molecule has 29 heavy (non-hydrogen) atoms. The lowest BCUT2D eigenvalue weighted by atomic mass is 9.97. The number of hydrogen-bond acceptors (Lipinski definition) is 6. The fraction of sp³-hybridized carbons (Fsp3) is 0.636. The molecule has 2 aliphatic rings. The van der Waals surface area contributed by atoms with Crippen LogP contribution in [0, 0.1) is 5.41 Å². The van der Waals surface area contributed by atoms with Crippen molar-refractivity contribution < 1.29 is 14.3 Å². The van der Waals surface area contributed by atoms with Crippen molar-refractivity contribution in [2.75, 3.05) is 45.8 Å². The Morgan fingerprint density at radius 2 is 2.24 bits per heavy atom. The molecule has 7 heteroatoms. The van der Waals surface area contributed by atoms with Gasteiger partial charge in [-0.3, -0.25) is 4.79 Å². The second-order valence-corrected chi connectivity index (χ2v) is 7.85. The number of rotatable bonds is 10. The minimum atomic E-state index is -0.407. The van der Waals surface area contributed by atoms with Gasteiger partial charge >= 0.3 is 0 Å². The number of benzene rings is 1. The van der Waals surface area contributed by atoms with E-state index in [1.165, 1.54) is 0 Å². The Morgan fingerprint density at radius 3 is 2.86 bits per heavy atom. The van der Waals surface area contributed by atoms with Crippen LogP contribution in [0.2, 0.25) is 0 Å². The van der Waals surface area contributed by atoms with Gasteiger partial charge in [0.25, 0.3) is 5.91 Å². The van der Waals surface area contributed by atoms with Crippen molar-refractivity contribution in [3.63, 3.8) is 0 Å². The van der Waals surface area contributed by atoms with Gasteiger partial charge in [-0.2, -0.15) is 0 Å². The number of carbonyl (C=O) groups is 1. The van der Waals surface area contributed by atoms with Gasteiger partial charge in [-0.15, -0.1) is 0 Å². The van der Waals surface area contributed by atoms with Crippen LogP contribution in [-0.2, 0) is 14.3 Å². The SMILES string of the molecule is CNc1ccc([C@@H](C)N(C(=O)[C@H]2CNCCO2)C2CC2)cc1C(=N)CCCOC. The predicted molar refractivity (Wildman–Crippen MR) is 115 cm³/mol. The molecule has 1 aliphatic heterocycles. The molecular formula is C22H34N4O3. The number of carbonyl (C=O) groups excluding carboxylic acids is 1. The molecule has 0 bridgehead atoms. The fourth-order valence-corrected chi connectivity index (χ4v) is 3.91. The summed E-state index contributed by atoms with van der Waals surface area (Å²) >= 11 is 0. The predicted octanol–water partition coefficient (Wildman–Crippen LogP) is 2.56. The first-order chi connectivity index (χ1) is 14.1. The standard InChI is InChI=1S/C22H34N4O3/c1-15(26(17-7-8-17)22(27)21-14-25-10-12-29-21)16-6-9-20(24-2)18(13-16)19(23)5-4-11-28-3/h6,9,13,15,17,21,23-25H,4-5,7-8,10-12,14H2,1-3H3/t15-,21-/m1/s1. The van der Waals surface area contributed by atoms with Gasteiger partial charge in [-0.25, -0.2) is 0 Å². The Kier molecular flexibility index (Phi) is 7.64. The maximum atomic E-state index is 13.2. The van der Waals surface area contributed by atoms with Crippen molar-refractivity contribution >= 4 is 17.3 Å². The molecule has 1 heterocycles. The van der Waals surface area contributed by atoms with Crippen molar-refractivity contribution in [3.05, 3.63) is 29.3 Å². The highest BCUT2D eigenvalue weighted by Crippen LogP contribution is 2.36. The maximum Gasteiger partial charge on any atom is 0.253 e. The highest BCUT2D eigenvalue weighted by Gasteiger charge is 2.40. The summed E-state index contributed by atoms with van der Waals surface area (Å²) in [5.41, 5.74) is 3.48. The van der Waals surface area contributed by atoms with Crippen LogP contribution in [0.5, 0.6) is 0 Å². The van der Waals surface area contributed by atoms with Gasteiger partial charge in [0, 0.05) is 56.9 Å². The van der Waals surface area contributed by atoms with Crippen LogP contribution in [-0.4, -0.2) is 69.1 Å². The second-order valence-electron chi connectivity index (χ2n) is 7.85. The van der Waals surface area contributed by atoms with E-state index in [9.17, 15) is 4.79 Å². The molecule has 1 saturated heterocycles. The highest BCUT2D eigenvalue weighted by molar-refractivity contribution is 6.03. The Bertz CT molecular complexity index is 714. The quantitative estimate of drug-likeness (QED) is 0.414. The Balaban J connectivity index is 1.80. The van der Waals surface area contributed by atoms with Gasteiger partial charge in [0.2, 0.25) is 0 Å². The zero-order valence-electron chi connectivity index (χ0n) is 17.8. The Morgan fingerprint density at radius 1 is 1.45 bits per heavy atom. The van der Waals surface area contributed by atoms with Gasteiger partial charge in [-0.05, 0) is 50.3 Å². The largest absolute Gasteiger partial charge is 0.388 e. The van der Waals surface area contributed by atoms with Gasteiger partial charge in [0.05, 0.1) is 12.6 Å². The lowest BCUT2D eigenvalue weighted by Crippen LogP contribution is -2.50. The third kappa shape index (κ3) is 5.35. The summed E-state index contributed by atoms with van der Waals surface area (Å²) in [6, 6.07) is 6.37. The van der Waals surface area contributed by atoms with E-state index >= 15 is 0 Å². The summed E-state index contributed by atoms with van der Waals surface area (Å²) in [7, 11) is 3.55. The van der Waals surface area contributed by atoms with E-state index in [1.54, 1.807) is 7.11 Å². The summed E-state index contributed by atoms with van der Waals surface area (Å²) < 4.78 is 10.9. The molecule has 0 spiro atoms. The first-order valence-electron chi connectivity index (χ1n) is 10.6. The molecule has 3 rings (SSSR count). The van der Waals surface area contributed by atoms with Crippen molar-refractivity contribution in [1.29, 1.82) is 5.41 Å². The van der Waals surface area contributed by atoms with Crippen molar-refractivity contribution in [3.8, 4) is 0 Å². The van der Waals surface area contributed by atoms with E-state index in [-0.39, 0.29) is 18.0 Å². The molecule has 3 N–H and O–H groups in total. The smallest absolute Gasteiger partial charge is 0.253 e. The molecule has 7 nitrogen and oxygen atoms in total. The molecule has 1 saturated carbocycles. The van der Waals surface area contributed by atoms with Gasteiger partial charge in [0.15, 0.2) is 0 Å².